The molecule has 0 unspecified atom stereocenters. The van der Waals surface area contributed by atoms with Gasteiger partial charge in [0.25, 0.3) is 0 Å². The van der Waals surface area contributed by atoms with Crippen molar-refractivity contribution in [1.29, 1.82) is 0 Å². The molecule has 0 fully saturated rings. The van der Waals surface area contributed by atoms with Gasteiger partial charge in [-0.1, -0.05) is 0 Å². The van der Waals surface area contributed by atoms with E-state index in [-0.39, 0.29) is 0 Å². The number of likely N-dealkylation sites (N-methyl/N-ethyl adjacent to an activating group) is 1. The molecule has 4 heteroatoms. The Bertz CT molecular complexity index is 315. The Hall–Kier alpha value is -1.26. The van der Waals surface area contributed by atoms with Crippen molar-refractivity contribution >= 4 is 0 Å². The van der Waals surface area contributed by atoms with Gasteiger partial charge < -0.3 is 19.9 Å². The molecule has 15 heavy (non-hydrogen) atoms. The molecule has 1 aromatic carbocycles. The summed E-state index contributed by atoms with van der Waals surface area (Å²) in [6.07, 6.45) is -0.597. The summed E-state index contributed by atoms with van der Waals surface area (Å²) in [5.41, 5.74) is 0.728. The lowest BCUT2D eigenvalue weighted by Gasteiger charge is -2.15. The molecule has 84 valence electrons. The fourth-order valence-electron chi connectivity index (χ4n) is 1.40. The van der Waals surface area contributed by atoms with Crippen LogP contribution in [0.1, 0.15) is 11.7 Å². The quantitative estimate of drug-likeness (QED) is 0.761. The molecule has 0 bridgehead atoms. The summed E-state index contributed by atoms with van der Waals surface area (Å²) in [5, 5.41) is 12.8. The van der Waals surface area contributed by atoms with Crippen molar-refractivity contribution in [2.24, 2.45) is 0 Å². The Morgan fingerprint density at radius 3 is 2.60 bits per heavy atom. The first-order valence-corrected chi connectivity index (χ1v) is 4.77. The Balaban J connectivity index is 3.00. The largest absolute Gasteiger partial charge is 0.497 e. The Morgan fingerprint density at radius 2 is 2.07 bits per heavy atom. The van der Waals surface area contributed by atoms with E-state index in [2.05, 4.69) is 5.32 Å². The predicted octanol–water partition coefficient (Wildman–Crippen LogP) is 0.957. The van der Waals surface area contributed by atoms with Crippen LogP contribution in [0.15, 0.2) is 18.2 Å². The van der Waals surface area contributed by atoms with E-state index < -0.39 is 6.10 Å². The lowest BCUT2D eigenvalue weighted by molar-refractivity contribution is 0.173. The number of aliphatic hydroxyl groups is 1. The Labute approximate surface area is 89.8 Å². The SMILES string of the molecule is CNC[C@H](O)c1cc(OC)ccc1OC. The van der Waals surface area contributed by atoms with E-state index in [4.69, 9.17) is 9.47 Å². The summed E-state index contributed by atoms with van der Waals surface area (Å²) in [6, 6.07) is 5.36. The Morgan fingerprint density at radius 1 is 1.33 bits per heavy atom. The van der Waals surface area contributed by atoms with Crippen LogP contribution >= 0.6 is 0 Å². The average molecular weight is 211 g/mol. The van der Waals surface area contributed by atoms with Crippen molar-refractivity contribution in [3.8, 4) is 11.5 Å². The summed E-state index contributed by atoms with van der Waals surface area (Å²) < 4.78 is 10.3. The second-order valence-corrected chi connectivity index (χ2v) is 3.18. The first-order valence-electron chi connectivity index (χ1n) is 4.77. The number of ether oxygens (including phenoxy) is 2. The van der Waals surface area contributed by atoms with Gasteiger partial charge >= 0.3 is 0 Å². The van der Waals surface area contributed by atoms with Crippen molar-refractivity contribution in [2.45, 2.75) is 6.10 Å². The smallest absolute Gasteiger partial charge is 0.124 e. The molecule has 4 nitrogen and oxygen atoms in total. The van der Waals surface area contributed by atoms with E-state index >= 15 is 0 Å². The van der Waals surface area contributed by atoms with Crippen molar-refractivity contribution in [3.63, 3.8) is 0 Å². The summed E-state index contributed by atoms with van der Waals surface area (Å²) >= 11 is 0. The van der Waals surface area contributed by atoms with Crippen LogP contribution < -0.4 is 14.8 Å². The number of hydrogen-bond donors (Lipinski definition) is 2. The molecule has 0 aliphatic rings. The highest BCUT2D eigenvalue weighted by atomic mass is 16.5. The normalized spacial score (nSPS) is 12.3. The maximum atomic E-state index is 9.85. The minimum atomic E-state index is -0.597. The zero-order chi connectivity index (χ0) is 11.3. The fourth-order valence-corrected chi connectivity index (χ4v) is 1.40. The van der Waals surface area contributed by atoms with Crippen LogP contribution in [-0.2, 0) is 0 Å². The number of hydrogen-bond acceptors (Lipinski definition) is 4. The minimum Gasteiger partial charge on any atom is -0.497 e. The molecule has 0 saturated heterocycles. The van der Waals surface area contributed by atoms with Gasteiger partial charge in [-0.25, -0.2) is 0 Å². The van der Waals surface area contributed by atoms with Crippen LogP contribution in [0.2, 0.25) is 0 Å². The van der Waals surface area contributed by atoms with Gasteiger partial charge in [0.1, 0.15) is 11.5 Å². The molecule has 0 amide bonds. The van der Waals surface area contributed by atoms with E-state index in [0.717, 1.165) is 5.56 Å². The zero-order valence-electron chi connectivity index (χ0n) is 9.28. The van der Waals surface area contributed by atoms with Gasteiger partial charge in [-0.15, -0.1) is 0 Å². The van der Waals surface area contributed by atoms with Gasteiger partial charge in [0.05, 0.1) is 20.3 Å². The first kappa shape index (κ1) is 11.8. The molecule has 0 heterocycles. The Kier molecular flexibility index (Phi) is 4.39. The highest BCUT2D eigenvalue weighted by Gasteiger charge is 2.13. The number of aliphatic hydroxyl groups excluding tert-OH is 1. The maximum absolute atomic E-state index is 9.85. The molecule has 1 rings (SSSR count). The summed E-state index contributed by atoms with van der Waals surface area (Å²) in [6.45, 7) is 0.476. The molecule has 0 radical (unpaired) electrons. The molecule has 0 aliphatic carbocycles. The monoisotopic (exact) mass is 211 g/mol. The average Bonchev–Trinajstić information content (AvgIpc) is 2.28. The lowest BCUT2D eigenvalue weighted by Crippen LogP contribution is -2.17. The van der Waals surface area contributed by atoms with Gasteiger partial charge in [0, 0.05) is 12.1 Å². The third-order valence-corrected chi connectivity index (χ3v) is 2.19. The van der Waals surface area contributed by atoms with Gasteiger partial charge in [0.15, 0.2) is 0 Å². The first-order chi connectivity index (χ1) is 7.22. The van der Waals surface area contributed by atoms with E-state index in [0.29, 0.717) is 18.0 Å². The summed E-state index contributed by atoms with van der Waals surface area (Å²) in [4.78, 5) is 0. The maximum Gasteiger partial charge on any atom is 0.124 e. The van der Waals surface area contributed by atoms with E-state index in [1.165, 1.54) is 0 Å². The van der Waals surface area contributed by atoms with Crippen LogP contribution in [0.4, 0.5) is 0 Å². The molecule has 0 saturated carbocycles. The van der Waals surface area contributed by atoms with Crippen LogP contribution in [-0.4, -0.2) is 32.9 Å². The van der Waals surface area contributed by atoms with Gasteiger partial charge in [-0.2, -0.15) is 0 Å². The second kappa shape index (κ2) is 5.58. The second-order valence-electron chi connectivity index (χ2n) is 3.18. The van der Waals surface area contributed by atoms with E-state index in [9.17, 15) is 5.11 Å². The highest BCUT2D eigenvalue weighted by Crippen LogP contribution is 2.28. The number of nitrogens with one attached hydrogen (secondary N) is 1. The van der Waals surface area contributed by atoms with Crippen LogP contribution in [0.5, 0.6) is 11.5 Å². The molecule has 0 aliphatic heterocycles. The van der Waals surface area contributed by atoms with E-state index in [1.807, 2.05) is 0 Å². The molecule has 1 aromatic rings. The van der Waals surface area contributed by atoms with Crippen molar-refractivity contribution in [1.82, 2.24) is 5.32 Å². The molecular formula is C11H17NO3. The molecule has 2 N–H and O–H groups in total. The third-order valence-electron chi connectivity index (χ3n) is 2.19. The van der Waals surface area contributed by atoms with E-state index in [1.54, 1.807) is 39.5 Å². The topological polar surface area (TPSA) is 50.7 Å². The third kappa shape index (κ3) is 2.84. The number of rotatable bonds is 5. The summed E-state index contributed by atoms with van der Waals surface area (Å²) in [7, 11) is 4.96. The molecular weight excluding hydrogens is 194 g/mol. The highest BCUT2D eigenvalue weighted by molar-refractivity contribution is 5.41. The van der Waals surface area contributed by atoms with Gasteiger partial charge in [-0.05, 0) is 25.2 Å². The minimum absolute atomic E-state index is 0.476. The zero-order valence-corrected chi connectivity index (χ0v) is 9.28. The van der Waals surface area contributed by atoms with Gasteiger partial charge in [-0.3, -0.25) is 0 Å². The van der Waals surface area contributed by atoms with Crippen LogP contribution in [0.3, 0.4) is 0 Å². The molecule has 0 spiro atoms. The van der Waals surface area contributed by atoms with Crippen LogP contribution in [0.25, 0.3) is 0 Å². The molecule has 0 aromatic heterocycles. The standard InChI is InChI=1S/C11H17NO3/c1-12-7-10(13)9-6-8(14-2)4-5-11(9)15-3/h4-6,10,12-13H,7H2,1-3H3/t10-/m0/s1. The number of benzene rings is 1. The summed E-state index contributed by atoms with van der Waals surface area (Å²) in [5.74, 6) is 1.37. The number of methoxy groups -OCH3 is 2. The molecule has 1 atom stereocenters. The fraction of sp³-hybridized carbons (Fsp3) is 0.455. The van der Waals surface area contributed by atoms with Crippen LogP contribution in [0, 0.1) is 0 Å². The van der Waals surface area contributed by atoms with Crippen molar-refractivity contribution in [3.05, 3.63) is 23.8 Å². The lowest BCUT2D eigenvalue weighted by atomic mass is 10.1. The van der Waals surface area contributed by atoms with Crippen molar-refractivity contribution in [2.75, 3.05) is 27.8 Å². The van der Waals surface area contributed by atoms with Crippen molar-refractivity contribution < 1.29 is 14.6 Å². The predicted molar refractivity (Wildman–Crippen MR) is 58.4 cm³/mol. The van der Waals surface area contributed by atoms with Gasteiger partial charge in [0.2, 0.25) is 0 Å².